The first-order valence-corrected chi connectivity index (χ1v) is 7.66. The van der Waals surface area contributed by atoms with E-state index in [-0.39, 0.29) is 6.04 Å². The molecular weight excluding hydrogens is 236 g/mol. The molecule has 1 aliphatic rings. The minimum Gasteiger partial charge on any atom is -0.382 e. The predicted molar refractivity (Wildman–Crippen MR) is 68.8 cm³/mol. The van der Waals surface area contributed by atoms with Crippen molar-refractivity contribution in [1.82, 2.24) is 0 Å². The highest BCUT2D eigenvalue weighted by molar-refractivity contribution is 7.90. The van der Waals surface area contributed by atoms with Crippen LogP contribution in [0.3, 0.4) is 0 Å². The maximum atomic E-state index is 11.4. The largest absolute Gasteiger partial charge is 0.382 e. The standard InChI is InChI=1S/C12H18N2O2S/c1-17(15,16)12-4-2-3-10(8-12)14-11-6-5-9(13)7-11/h2-4,8-9,11,14H,5-7,13H2,1H3. The van der Waals surface area contributed by atoms with Crippen LogP contribution in [0.25, 0.3) is 0 Å². The molecule has 94 valence electrons. The lowest BCUT2D eigenvalue weighted by Gasteiger charge is -2.14. The van der Waals surface area contributed by atoms with Crippen LogP contribution in [-0.2, 0) is 9.84 Å². The number of anilines is 1. The molecule has 0 saturated heterocycles. The van der Waals surface area contributed by atoms with Gasteiger partial charge in [0.1, 0.15) is 0 Å². The van der Waals surface area contributed by atoms with Crippen molar-refractivity contribution in [2.24, 2.45) is 5.73 Å². The van der Waals surface area contributed by atoms with E-state index in [0.29, 0.717) is 10.9 Å². The first-order valence-electron chi connectivity index (χ1n) is 5.77. The summed E-state index contributed by atoms with van der Waals surface area (Å²) >= 11 is 0. The zero-order chi connectivity index (χ0) is 12.5. The van der Waals surface area contributed by atoms with E-state index in [1.165, 1.54) is 6.26 Å². The second-order valence-electron chi connectivity index (χ2n) is 4.71. The molecule has 0 bridgehead atoms. The zero-order valence-electron chi connectivity index (χ0n) is 9.89. The van der Waals surface area contributed by atoms with E-state index in [1.54, 1.807) is 18.2 Å². The summed E-state index contributed by atoms with van der Waals surface area (Å²) in [5.74, 6) is 0. The van der Waals surface area contributed by atoms with Crippen molar-refractivity contribution in [3.8, 4) is 0 Å². The monoisotopic (exact) mass is 254 g/mol. The molecule has 0 aromatic heterocycles. The Labute approximate surface area is 102 Å². The van der Waals surface area contributed by atoms with Crippen molar-refractivity contribution < 1.29 is 8.42 Å². The lowest BCUT2D eigenvalue weighted by molar-refractivity contribution is 0.602. The average molecular weight is 254 g/mol. The van der Waals surface area contributed by atoms with Gasteiger partial charge in [0, 0.05) is 24.0 Å². The fraction of sp³-hybridized carbons (Fsp3) is 0.500. The lowest BCUT2D eigenvalue weighted by atomic mass is 10.2. The molecule has 17 heavy (non-hydrogen) atoms. The molecule has 2 rings (SSSR count). The number of rotatable bonds is 3. The SMILES string of the molecule is CS(=O)(=O)c1cccc(NC2CCC(N)C2)c1. The van der Waals surface area contributed by atoms with E-state index in [9.17, 15) is 8.42 Å². The molecule has 1 saturated carbocycles. The minimum atomic E-state index is -3.13. The Kier molecular flexibility index (Phi) is 3.40. The molecule has 0 spiro atoms. The zero-order valence-corrected chi connectivity index (χ0v) is 10.7. The van der Waals surface area contributed by atoms with Crippen LogP contribution in [0.15, 0.2) is 29.2 Å². The number of benzene rings is 1. The number of hydrogen-bond acceptors (Lipinski definition) is 4. The van der Waals surface area contributed by atoms with Gasteiger partial charge in [-0.1, -0.05) is 6.07 Å². The van der Waals surface area contributed by atoms with Gasteiger partial charge in [-0.25, -0.2) is 8.42 Å². The molecule has 1 aromatic carbocycles. The highest BCUT2D eigenvalue weighted by Gasteiger charge is 2.21. The van der Waals surface area contributed by atoms with Crippen LogP contribution >= 0.6 is 0 Å². The van der Waals surface area contributed by atoms with Crippen molar-refractivity contribution in [2.75, 3.05) is 11.6 Å². The fourth-order valence-electron chi connectivity index (χ4n) is 2.20. The van der Waals surface area contributed by atoms with Crippen molar-refractivity contribution in [2.45, 2.75) is 36.2 Å². The quantitative estimate of drug-likeness (QED) is 0.855. The summed E-state index contributed by atoms with van der Waals surface area (Å²) in [5.41, 5.74) is 6.70. The molecule has 1 fully saturated rings. The third-order valence-corrected chi connectivity index (χ3v) is 4.22. The molecule has 1 aromatic rings. The summed E-state index contributed by atoms with van der Waals surface area (Å²) in [6.45, 7) is 0. The van der Waals surface area contributed by atoms with Gasteiger partial charge in [-0.3, -0.25) is 0 Å². The van der Waals surface area contributed by atoms with Crippen LogP contribution in [-0.4, -0.2) is 26.8 Å². The first-order chi connectivity index (χ1) is 7.95. The molecule has 0 radical (unpaired) electrons. The summed E-state index contributed by atoms with van der Waals surface area (Å²) < 4.78 is 22.9. The Morgan fingerprint density at radius 3 is 2.71 bits per heavy atom. The molecule has 5 heteroatoms. The van der Waals surface area contributed by atoms with Gasteiger partial charge >= 0.3 is 0 Å². The Hall–Kier alpha value is -1.07. The second-order valence-corrected chi connectivity index (χ2v) is 6.73. The van der Waals surface area contributed by atoms with Gasteiger partial charge in [-0.2, -0.15) is 0 Å². The third kappa shape index (κ3) is 3.20. The highest BCUT2D eigenvalue weighted by Crippen LogP contribution is 2.23. The fourth-order valence-corrected chi connectivity index (χ4v) is 2.87. The molecule has 3 N–H and O–H groups in total. The normalized spacial score (nSPS) is 24.8. The van der Waals surface area contributed by atoms with Gasteiger partial charge < -0.3 is 11.1 Å². The van der Waals surface area contributed by atoms with E-state index in [2.05, 4.69) is 5.32 Å². The van der Waals surface area contributed by atoms with Gasteiger partial charge in [0.05, 0.1) is 4.90 Å². The van der Waals surface area contributed by atoms with Gasteiger partial charge in [-0.05, 0) is 37.5 Å². The van der Waals surface area contributed by atoms with E-state index in [4.69, 9.17) is 5.73 Å². The second kappa shape index (κ2) is 4.66. The Bertz CT molecular complexity index is 499. The summed E-state index contributed by atoms with van der Waals surface area (Å²) in [7, 11) is -3.13. The van der Waals surface area contributed by atoms with Gasteiger partial charge in [0.2, 0.25) is 0 Å². The molecule has 2 unspecified atom stereocenters. The van der Waals surface area contributed by atoms with Crippen molar-refractivity contribution in [1.29, 1.82) is 0 Å². The Balaban J connectivity index is 2.12. The maximum absolute atomic E-state index is 11.4. The van der Waals surface area contributed by atoms with Crippen LogP contribution in [0, 0.1) is 0 Å². The van der Waals surface area contributed by atoms with Crippen molar-refractivity contribution in [3.63, 3.8) is 0 Å². The smallest absolute Gasteiger partial charge is 0.175 e. The van der Waals surface area contributed by atoms with Crippen LogP contribution in [0.2, 0.25) is 0 Å². The number of nitrogens with two attached hydrogens (primary N) is 1. The summed E-state index contributed by atoms with van der Waals surface area (Å²) in [6, 6.07) is 7.57. The van der Waals surface area contributed by atoms with Crippen LogP contribution < -0.4 is 11.1 Å². The van der Waals surface area contributed by atoms with Crippen LogP contribution in [0.4, 0.5) is 5.69 Å². The third-order valence-electron chi connectivity index (χ3n) is 3.11. The molecule has 0 heterocycles. The molecule has 1 aliphatic carbocycles. The Morgan fingerprint density at radius 2 is 2.12 bits per heavy atom. The van der Waals surface area contributed by atoms with Crippen LogP contribution in [0.1, 0.15) is 19.3 Å². The van der Waals surface area contributed by atoms with Gasteiger partial charge in [0.15, 0.2) is 9.84 Å². The highest BCUT2D eigenvalue weighted by atomic mass is 32.2. The molecule has 0 aliphatic heterocycles. The summed E-state index contributed by atoms with van der Waals surface area (Å²) in [4.78, 5) is 0.352. The topological polar surface area (TPSA) is 72.2 Å². The minimum absolute atomic E-state index is 0.269. The first kappa shape index (κ1) is 12.4. The van der Waals surface area contributed by atoms with E-state index in [1.807, 2.05) is 6.07 Å². The van der Waals surface area contributed by atoms with Crippen molar-refractivity contribution in [3.05, 3.63) is 24.3 Å². The van der Waals surface area contributed by atoms with Crippen LogP contribution in [0.5, 0.6) is 0 Å². The number of hydrogen-bond donors (Lipinski definition) is 2. The molecule has 2 atom stereocenters. The molecule has 4 nitrogen and oxygen atoms in total. The van der Waals surface area contributed by atoms with Crippen molar-refractivity contribution >= 4 is 15.5 Å². The Morgan fingerprint density at radius 1 is 1.35 bits per heavy atom. The maximum Gasteiger partial charge on any atom is 0.175 e. The van der Waals surface area contributed by atoms with E-state index >= 15 is 0 Å². The summed E-state index contributed by atoms with van der Waals surface area (Å²) in [5, 5.41) is 3.34. The summed E-state index contributed by atoms with van der Waals surface area (Å²) in [6.07, 6.45) is 4.24. The van der Waals surface area contributed by atoms with E-state index < -0.39 is 9.84 Å². The molecular formula is C12H18N2O2S. The average Bonchev–Trinajstić information content (AvgIpc) is 2.63. The molecule has 0 amide bonds. The van der Waals surface area contributed by atoms with E-state index in [0.717, 1.165) is 24.9 Å². The van der Waals surface area contributed by atoms with Gasteiger partial charge in [0.25, 0.3) is 0 Å². The van der Waals surface area contributed by atoms with Gasteiger partial charge in [-0.15, -0.1) is 0 Å². The number of sulfone groups is 1. The number of nitrogens with one attached hydrogen (secondary N) is 1. The lowest BCUT2D eigenvalue weighted by Crippen LogP contribution is -2.20. The predicted octanol–water partition coefficient (Wildman–Crippen LogP) is 1.38.